The Morgan fingerprint density at radius 3 is 2.11 bits per heavy atom. The third-order valence-electron chi connectivity index (χ3n) is 7.22. The minimum atomic E-state index is -4.26. The number of nitrogens with one attached hydrogen (secondary N) is 1. The zero-order valence-electron chi connectivity index (χ0n) is 26.7. The van der Waals surface area contributed by atoms with Crippen LogP contribution in [0.4, 0.5) is 5.69 Å². The monoisotopic (exact) mass is 661 g/mol. The molecule has 10 heteroatoms. The van der Waals surface area contributed by atoms with Crippen molar-refractivity contribution in [2.75, 3.05) is 18.0 Å². The van der Waals surface area contributed by atoms with Crippen LogP contribution in [0.2, 0.25) is 5.02 Å². The molecular formula is C36H40ClN3O5S. The van der Waals surface area contributed by atoms with Gasteiger partial charge in [0, 0.05) is 23.5 Å². The van der Waals surface area contributed by atoms with E-state index in [0.29, 0.717) is 10.6 Å². The van der Waals surface area contributed by atoms with Crippen LogP contribution in [0.25, 0.3) is 0 Å². The highest BCUT2D eigenvalue weighted by atomic mass is 35.5. The third kappa shape index (κ3) is 8.89. The van der Waals surface area contributed by atoms with Gasteiger partial charge in [0.05, 0.1) is 17.7 Å². The molecule has 1 atom stereocenters. The lowest BCUT2D eigenvalue weighted by atomic mass is 10.0. The Labute approximate surface area is 277 Å². The topological polar surface area (TPSA) is 96.0 Å². The highest BCUT2D eigenvalue weighted by Crippen LogP contribution is 2.34. The molecule has 0 bridgehead atoms. The van der Waals surface area contributed by atoms with Crippen LogP contribution in [0.5, 0.6) is 5.75 Å². The van der Waals surface area contributed by atoms with Crippen LogP contribution in [-0.4, -0.2) is 50.4 Å². The molecule has 0 saturated carbocycles. The number of nitrogens with zero attached hydrogens (tertiary/aromatic N) is 2. The summed E-state index contributed by atoms with van der Waals surface area (Å²) in [4.78, 5) is 30.1. The molecule has 4 aromatic carbocycles. The van der Waals surface area contributed by atoms with Crippen LogP contribution in [0.15, 0.2) is 108 Å². The molecule has 0 aliphatic carbocycles. The number of carbonyl (C=O) groups excluding carboxylic acids is 2. The SMILES string of the molecule is COc1ccc(C)cc1N(CC(=O)N(Cc1cccc(Cl)c1)[C@@H](Cc1ccccc1)C(=O)NC(C)(C)C)S(=O)(=O)c1ccccc1. The summed E-state index contributed by atoms with van der Waals surface area (Å²) in [5.74, 6) is -0.657. The van der Waals surface area contributed by atoms with Crippen molar-refractivity contribution in [3.8, 4) is 5.75 Å². The van der Waals surface area contributed by atoms with Gasteiger partial charge in [0.1, 0.15) is 18.3 Å². The van der Waals surface area contributed by atoms with E-state index in [1.807, 2.05) is 64.1 Å². The van der Waals surface area contributed by atoms with Crippen LogP contribution >= 0.6 is 11.6 Å². The molecule has 0 radical (unpaired) electrons. The van der Waals surface area contributed by atoms with Crippen LogP contribution in [0, 0.1) is 6.92 Å². The number of ether oxygens (including phenoxy) is 1. The van der Waals surface area contributed by atoms with Crippen LogP contribution in [0.1, 0.15) is 37.5 Å². The number of amides is 2. The van der Waals surface area contributed by atoms with Gasteiger partial charge in [-0.1, -0.05) is 78.3 Å². The van der Waals surface area contributed by atoms with Crippen molar-refractivity contribution in [2.24, 2.45) is 0 Å². The van der Waals surface area contributed by atoms with Gasteiger partial charge in [0.2, 0.25) is 11.8 Å². The van der Waals surface area contributed by atoms with Crippen molar-refractivity contribution in [3.63, 3.8) is 0 Å². The van der Waals surface area contributed by atoms with Crippen molar-refractivity contribution >= 4 is 39.1 Å². The van der Waals surface area contributed by atoms with Gasteiger partial charge in [0.25, 0.3) is 10.0 Å². The highest BCUT2D eigenvalue weighted by molar-refractivity contribution is 7.92. The Kier molecular flexibility index (Phi) is 11.1. The number of anilines is 1. The first-order chi connectivity index (χ1) is 21.8. The predicted molar refractivity (Wildman–Crippen MR) is 183 cm³/mol. The minimum absolute atomic E-state index is 0.0125. The van der Waals surface area contributed by atoms with Crippen LogP contribution in [0.3, 0.4) is 0 Å². The third-order valence-corrected chi connectivity index (χ3v) is 9.23. The first kappa shape index (κ1) is 34.5. The fraction of sp³-hybridized carbons (Fsp3) is 0.278. The lowest BCUT2D eigenvalue weighted by Crippen LogP contribution is -2.56. The molecule has 0 saturated heterocycles. The number of rotatable bonds is 12. The first-order valence-electron chi connectivity index (χ1n) is 14.9. The molecule has 0 fully saturated rings. The van der Waals surface area contributed by atoms with E-state index >= 15 is 0 Å². The molecule has 4 aromatic rings. The molecule has 1 N–H and O–H groups in total. The Bertz CT molecular complexity index is 1760. The number of methoxy groups -OCH3 is 1. The summed E-state index contributed by atoms with van der Waals surface area (Å²) in [5.41, 5.74) is 1.93. The number of halogens is 1. The van der Waals surface area contributed by atoms with Gasteiger partial charge in [-0.15, -0.1) is 0 Å². The molecule has 46 heavy (non-hydrogen) atoms. The molecule has 2 amide bonds. The van der Waals surface area contributed by atoms with E-state index in [0.717, 1.165) is 15.4 Å². The molecule has 0 aliphatic rings. The Balaban J connectivity index is 1.86. The second-order valence-corrected chi connectivity index (χ2v) is 14.4. The van der Waals surface area contributed by atoms with Gasteiger partial charge in [-0.3, -0.25) is 13.9 Å². The van der Waals surface area contributed by atoms with Gasteiger partial charge in [-0.2, -0.15) is 0 Å². The lowest BCUT2D eigenvalue weighted by molar-refractivity contribution is -0.140. The molecule has 0 unspecified atom stereocenters. The van der Waals surface area contributed by atoms with E-state index < -0.39 is 34.1 Å². The summed E-state index contributed by atoms with van der Waals surface area (Å²) in [6.45, 7) is 6.85. The number of carbonyl (C=O) groups is 2. The summed E-state index contributed by atoms with van der Waals surface area (Å²) in [6.07, 6.45) is 0.203. The quantitative estimate of drug-likeness (QED) is 0.189. The predicted octanol–water partition coefficient (Wildman–Crippen LogP) is 6.41. The zero-order valence-corrected chi connectivity index (χ0v) is 28.3. The van der Waals surface area contributed by atoms with Crippen LogP contribution in [-0.2, 0) is 32.6 Å². The molecule has 0 heterocycles. The van der Waals surface area contributed by atoms with Crippen molar-refractivity contribution in [2.45, 2.75) is 57.1 Å². The van der Waals surface area contributed by atoms with Gasteiger partial charge in [-0.25, -0.2) is 8.42 Å². The highest BCUT2D eigenvalue weighted by Gasteiger charge is 2.36. The molecule has 242 valence electrons. The number of benzene rings is 4. The van der Waals surface area contributed by atoms with Gasteiger partial charge < -0.3 is 15.0 Å². The normalized spacial score (nSPS) is 12.2. The molecule has 0 spiro atoms. The Hall–Kier alpha value is -4.34. The number of sulfonamides is 1. The van der Waals surface area contributed by atoms with E-state index in [1.165, 1.54) is 24.1 Å². The smallest absolute Gasteiger partial charge is 0.264 e. The molecule has 8 nitrogen and oxygen atoms in total. The van der Waals surface area contributed by atoms with Gasteiger partial charge >= 0.3 is 0 Å². The number of hydrogen-bond acceptors (Lipinski definition) is 5. The van der Waals surface area contributed by atoms with E-state index in [-0.39, 0.29) is 35.2 Å². The summed E-state index contributed by atoms with van der Waals surface area (Å²) >= 11 is 6.32. The molecule has 4 rings (SSSR count). The van der Waals surface area contributed by atoms with Crippen molar-refractivity contribution < 1.29 is 22.7 Å². The fourth-order valence-electron chi connectivity index (χ4n) is 5.07. The lowest BCUT2D eigenvalue weighted by Gasteiger charge is -2.35. The molecule has 0 aromatic heterocycles. The van der Waals surface area contributed by atoms with E-state index in [2.05, 4.69) is 5.32 Å². The van der Waals surface area contributed by atoms with E-state index in [4.69, 9.17) is 16.3 Å². The summed E-state index contributed by atoms with van der Waals surface area (Å²) < 4.78 is 35.1. The Morgan fingerprint density at radius 1 is 0.870 bits per heavy atom. The summed E-state index contributed by atoms with van der Waals surface area (Å²) in [5, 5.41) is 3.50. The maximum absolute atomic E-state index is 14.6. The maximum Gasteiger partial charge on any atom is 0.264 e. The largest absolute Gasteiger partial charge is 0.495 e. The Morgan fingerprint density at radius 2 is 1.50 bits per heavy atom. The summed E-state index contributed by atoms with van der Waals surface area (Å²) in [7, 11) is -2.82. The van der Waals surface area contributed by atoms with Crippen molar-refractivity contribution in [1.29, 1.82) is 0 Å². The fourth-order valence-corrected chi connectivity index (χ4v) is 6.72. The molecule has 0 aliphatic heterocycles. The van der Waals surface area contributed by atoms with E-state index in [1.54, 1.807) is 54.6 Å². The average Bonchev–Trinajstić information content (AvgIpc) is 3.01. The van der Waals surface area contributed by atoms with Gasteiger partial charge in [-0.05, 0) is 80.8 Å². The second kappa shape index (κ2) is 14.8. The second-order valence-electron chi connectivity index (χ2n) is 12.1. The summed E-state index contributed by atoms with van der Waals surface area (Å²) in [6, 6.07) is 28.5. The number of hydrogen-bond donors (Lipinski definition) is 1. The molecular weight excluding hydrogens is 622 g/mol. The van der Waals surface area contributed by atoms with Gasteiger partial charge in [0.15, 0.2) is 0 Å². The standard InChI is InChI=1S/C36H40ClN3O5S/c1-26-19-20-33(45-5)31(21-26)40(46(43,44)30-17-10-7-11-18-30)25-34(41)39(24-28-15-12-16-29(37)22-28)32(35(42)38-36(2,3)4)23-27-13-8-6-9-14-27/h6-22,32H,23-25H2,1-5H3,(H,38,42)/t32-/m0/s1. The minimum Gasteiger partial charge on any atom is -0.495 e. The van der Waals surface area contributed by atoms with Crippen molar-refractivity contribution in [1.82, 2.24) is 10.2 Å². The first-order valence-corrected chi connectivity index (χ1v) is 16.7. The zero-order chi connectivity index (χ0) is 33.5. The van der Waals surface area contributed by atoms with E-state index in [9.17, 15) is 18.0 Å². The number of aryl methyl sites for hydroxylation is 1. The maximum atomic E-state index is 14.6. The van der Waals surface area contributed by atoms with Crippen LogP contribution < -0.4 is 14.4 Å². The average molecular weight is 662 g/mol. The van der Waals surface area contributed by atoms with Crippen molar-refractivity contribution in [3.05, 3.63) is 125 Å².